The predicted octanol–water partition coefficient (Wildman–Crippen LogP) is 0.217. The first kappa shape index (κ1) is 19.4. The largest absolute Gasteiger partial charge is 0.478 e. The highest BCUT2D eigenvalue weighted by atomic mass is 32.2. The maximum absolute atomic E-state index is 12.2. The summed E-state index contributed by atoms with van der Waals surface area (Å²) in [4.78, 5) is 27.0. The Bertz CT molecular complexity index is 727. The maximum atomic E-state index is 12.2. The SMILES string of the molecule is CCN1CCN(C(=O)CCNS(=O)(=O)c2cccc(C(=O)O)c2)CC1. The molecule has 8 nitrogen and oxygen atoms in total. The van der Waals surface area contributed by atoms with Gasteiger partial charge in [-0.05, 0) is 24.7 Å². The number of benzene rings is 1. The average Bonchev–Trinajstić information content (AvgIpc) is 2.61. The van der Waals surface area contributed by atoms with Crippen molar-refractivity contribution in [2.45, 2.75) is 18.2 Å². The third-order valence-electron chi connectivity index (χ3n) is 4.19. The molecule has 2 rings (SSSR count). The molecule has 0 unspecified atom stereocenters. The number of likely N-dealkylation sites (N-methyl/N-ethyl adjacent to an activating group) is 1. The van der Waals surface area contributed by atoms with Gasteiger partial charge in [-0.3, -0.25) is 4.79 Å². The second-order valence-corrected chi connectivity index (χ2v) is 7.56. The van der Waals surface area contributed by atoms with E-state index in [4.69, 9.17) is 5.11 Å². The van der Waals surface area contributed by atoms with E-state index in [2.05, 4.69) is 16.5 Å². The van der Waals surface area contributed by atoms with Crippen LogP contribution in [0.5, 0.6) is 0 Å². The van der Waals surface area contributed by atoms with E-state index in [-0.39, 0.29) is 29.3 Å². The molecule has 1 aliphatic heterocycles. The number of amides is 1. The summed E-state index contributed by atoms with van der Waals surface area (Å²) in [6, 6.07) is 5.11. The molecule has 0 aromatic heterocycles. The topological polar surface area (TPSA) is 107 Å². The zero-order valence-electron chi connectivity index (χ0n) is 14.1. The van der Waals surface area contributed by atoms with E-state index < -0.39 is 16.0 Å². The van der Waals surface area contributed by atoms with Gasteiger partial charge in [0.1, 0.15) is 0 Å². The first-order valence-corrected chi connectivity index (χ1v) is 9.65. The highest BCUT2D eigenvalue weighted by molar-refractivity contribution is 7.89. The highest BCUT2D eigenvalue weighted by Crippen LogP contribution is 2.11. The highest BCUT2D eigenvalue weighted by Gasteiger charge is 2.21. The number of rotatable bonds is 7. The molecule has 1 aliphatic rings. The smallest absolute Gasteiger partial charge is 0.335 e. The van der Waals surface area contributed by atoms with E-state index in [9.17, 15) is 18.0 Å². The quantitative estimate of drug-likeness (QED) is 0.712. The van der Waals surface area contributed by atoms with Gasteiger partial charge in [0.25, 0.3) is 0 Å². The van der Waals surface area contributed by atoms with Crippen molar-refractivity contribution in [2.24, 2.45) is 0 Å². The Kier molecular flexibility index (Phi) is 6.51. The summed E-state index contributed by atoms with van der Waals surface area (Å²) in [7, 11) is -3.85. The molecule has 1 heterocycles. The molecule has 0 bridgehead atoms. The lowest BCUT2D eigenvalue weighted by atomic mass is 10.2. The number of nitrogens with zero attached hydrogens (tertiary/aromatic N) is 2. The lowest BCUT2D eigenvalue weighted by Gasteiger charge is -2.34. The summed E-state index contributed by atoms with van der Waals surface area (Å²) >= 11 is 0. The molecule has 1 aromatic rings. The minimum atomic E-state index is -3.85. The Morgan fingerprint density at radius 3 is 2.48 bits per heavy atom. The van der Waals surface area contributed by atoms with Crippen molar-refractivity contribution in [3.63, 3.8) is 0 Å². The van der Waals surface area contributed by atoms with Crippen molar-refractivity contribution >= 4 is 21.9 Å². The summed E-state index contributed by atoms with van der Waals surface area (Å²) in [6.07, 6.45) is 0.0734. The van der Waals surface area contributed by atoms with Crippen molar-refractivity contribution in [3.8, 4) is 0 Å². The number of hydrogen-bond acceptors (Lipinski definition) is 5. The van der Waals surface area contributed by atoms with Crippen LogP contribution in [0.25, 0.3) is 0 Å². The Balaban J connectivity index is 1.87. The molecule has 1 aromatic carbocycles. The molecule has 0 saturated carbocycles. The van der Waals surface area contributed by atoms with Crippen LogP contribution in [-0.2, 0) is 14.8 Å². The fourth-order valence-electron chi connectivity index (χ4n) is 2.64. The summed E-state index contributed by atoms with van der Waals surface area (Å²) in [6.45, 7) is 5.97. The third-order valence-corrected chi connectivity index (χ3v) is 5.65. The first-order chi connectivity index (χ1) is 11.8. The molecule has 0 atom stereocenters. The predicted molar refractivity (Wildman–Crippen MR) is 91.9 cm³/mol. The lowest BCUT2D eigenvalue weighted by Crippen LogP contribution is -2.49. The third kappa shape index (κ3) is 5.25. The van der Waals surface area contributed by atoms with E-state index in [1.807, 2.05) is 0 Å². The number of carboxylic acids is 1. The molecule has 1 saturated heterocycles. The van der Waals surface area contributed by atoms with Crippen LogP contribution in [0.3, 0.4) is 0 Å². The van der Waals surface area contributed by atoms with Crippen molar-refractivity contribution < 1.29 is 23.1 Å². The van der Waals surface area contributed by atoms with Crippen molar-refractivity contribution in [2.75, 3.05) is 39.3 Å². The van der Waals surface area contributed by atoms with Crippen LogP contribution in [0.15, 0.2) is 29.2 Å². The molecule has 2 N–H and O–H groups in total. The van der Waals surface area contributed by atoms with Crippen LogP contribution in [0, 0.1) is 0 Å². The zero-order valence-corrected chi connectivity index (χ0v) is 15.0. The van der Waals surface area contributed by atoms with E-state index in [1.54, 1.807) is 4.90 Å². The average molecular weight is 369 g/mol. The van der Waals surface area contributed by atoms with E-state index in [0.29, 0.717) is 13.1 Å². The first-order valence-electron chi connectivity index (χ1n) is 8.16. The molecular weight excluding hydrogens is 346 g/mol. The molecule has 9 heteroatoms. The number of piperazine rings is 1. The van der Waals surface area contributed by atoms with Gasteiger partial charge >= 0.3 is 5.97 Å². The van der Waals surface area contributed by atoms with Crippen molar-refractivity contribution in [1.82, 2.24) is 14.5 Å². The lowest BCUT2D eigenvalue weighted by molar-refractivity contribution is -0.132. The number of aromatic carboxylic acids is 1. The van der Waals surface area contributed by atoms with Crippen molar-refractivity contribution in [1.29, 1.82) is 0 Å². The Labute approximate surface area is 147 Å². The van der Waals surface area contributed by atoms with Gasteiger partial charge in [0, 0.05) is 39.1 Å². The van der Waals surface area contributed by atoms with Crippen LogP contribution in [-0.4, -0.2) is 74.5 Å². The molecule has 0 radical (unpaired) electrons. The number of carbonyl (C=O) groups is 2. The van der Waals surface area contributed by atoms with E-state index in [0.717, 1.165) is 25.7 Å². The summed E-state index contributed by atoms with van der Waals surface area (Å²) in [5, 5.41) is 8.94. The number of carboxylic acid groups (broad SMARTS) is 1. The molecule has 138 valence electrons. The van der Waals surface area contributed by atoms with Crippen LogP contribution >= 0.6 is 0 Å². The Hall–Kier alpha value is -1.97. The summed E-state index contributed by atoms with van der Waals surface area (Å²) in [5.41, 5.74) is -0.104. The standard InChI is InChI=1S/C16H23N3O5S/c1-2-18-8-10-19(11-9-18)15(20)6-7-17-25(23,24)14-5-3-4-13(12-14)16(21)22/h3-5,12,17H,2,6-11H2,1H3,(H,21,22). The second kappa shape index (κ2) is 8.41. The molecule has 1 fully saturated rings. The molecular formula is C16H23N3O5S. The second-order valence-electron chi connectivity index (χ2n) is 5.80. The van der Waals surface area contributed by atoms with Gasteiger partial charge in [0.05, 0.1) is 10.5 Å². The van der Waals surface area contributed by atoms with Gasteiger partial charge in [-0.25, -0.2) is 17.9 Å². The minimum Gasteiger partial charge on any atom is -0.478 e. The normalized spacial score (nSPS) is 16.0. The Morgan fingerprint density at radius 1 is 1.20 bits per heavy atom. The van der Waals surface area contributed by atoms with Crippen LogP contribution in [0.1, 0.15) is 23.7 Å². The van der Waals surface area contributed by atoms with Gasteiger partial charge in [0.2, 0.25) is 15.9 Å². The number of carbonyl (C=O) groups excluding carboxylic acids is 1. The number of nitrogens with one attached hydrogen (secondary N) is 1. The summed E-state index contributed by atoms with van der Waals surface area (Å²) in [5.74, 6) is -1.28. The number of hydrogen-bond donors (Lipinski definition) is 2. The maximum Gasteiger partial charge on any atom is 0.335 e. The van der Waals surface area contributed by atoms with Crippen LogP contribution < -0.4 is 4.72 Å². The minimum absolute atomic E-state index is 0.0214. The fraction of sp³-hybridized carbons (Fsp3) is 0.500. The zero-order chi connectivity index (χ0) is 18.4. The van der Waals surface area contributed by atoms with Gasteiger partial charge in [-0.15, -0.1) is 0 Å². The molecule has 0 aliphatic carbocycles. The fourth-order valence-corrected chi connectivity index (χ4v) is 3.72. The Morgan fingerprint density at radius 2 is 1.88 bits per heavy atom. The van der Waals surface area contributed by atoms with Gasteiger partial charge in [-0.1, -0.05) is 13.0 Å². The molecule has 25 heavy (non-hydrogen) atoms. The van der Waals surface area contributed by atoms with E-state index in [1.165, 1.54) is 18.2 Å². The van der Waals surface area contributed by atoms with Crippen LogP contribution in [0.2, 0.25) is 0 Å². The van der Waals surface area contributed by atoms with Gasteiger partial charge < -0.3 is 14.9 Å². The number of sulfonamides is 1. The van der Waals surface area contributed by atoms with E-state index >= 15 is 0 Å². The van der Waals surface area contributed by atoms with Gasteiger partial charge in [-0.2, -0.15) is 0 Å². The summed E-state index contributed by atoms with van der Waals surface area (Å²) < 4.78 is 26.8. The molecule has 1 amide bonds. The monoisotopic (exact) mass is 369 g/mol. The van der Waals surface area contributed by atoms with Crippen LogP contribution in [0.4, 0.5) is 0 Å². The molecule has 0 spiro atoms. The van der Waals surface area contributed by atoms with Gasteiger partial charge in [0.15, 0.2) is 0 Å². The van der Waals surface area contributed by atoms with Crippen molar-refractivity contribution in [3.05, 3.63) is 29.8 Å².